The number of benzene rings is 3. The first-order valence-corrected chi connectivity index (χ1v) is 9.72. The molecule has 3 aromatic rings. The van der Waals surface area contributed by atoms with Crippen LogP contribution in [-0.2, 0) is 6.42 Å². The summed E-state index contributed by atoms with van der Waals surface area (Å²) >= 11 is 0. The third-order valence-electron chi connectivity index (χ3n) is 4.82. The van der Waals surface area contributed by atoms with Gasteiger partial charge in [-0.05, 0) is 47.2 Å². The molecule has 0 unspecified atom stereocenters. The van der Waals surface area contributed by atoms with Gasteiger partial charge in [0.15, 0.2) is 11.6 Å². The van der Waals surface area contributed by atoms with Gasteiger partial charge in [0, 0.05) is 5.56 Å². The second-order valence-electron chi connectivity index (χ2n) is 7.02. The first-order valence-electron chi connectivity index (χ1n) is 9.72. The van der Waals surface area contributed by atoms with E-state index in [9.17, 15) is 22.0 Å². The Kier molecular flexibility index (Phi) is 6.75. The van der Waals surface area contributed by atoms with E-state index >= 15 is 0 Å². The monoisotopic (exact) mass is 420 g/mol. The average Bonchev–Trinajstić information content (AvgIpc) is 2.72. The van der Waals surface area contributed by atoms with Gasteiger partial charge in [-0.1, -0.05) is 68.3 Å². The van der Waals surface area contributed by atoms with Crippen LogP contribution in [0.3, 0.4) is 0 Å². The van der Waals surface area contributed by atoms with Crippen molar-refractivity contribution in [1.82, 2.24) is 0 Å². The molecular formula is C24H21F5O. The molecule has 3 rings (SSSR count). The number of hydrogen-bond donors (Lipinski definition) is 0. The lowest BCUT2D eigenvalue weighted by Gasteiger charge is -2.12. The van der Waals surface area contributed by atoms with E-state index in [0.717, 1.165) is 36.1 Å². The van der Waals surface area contributed by atoms with Crippen molar-refractivity contribution in [3.63, 3.8) is 0 Å². The Morgan fingerprint density at radius 2 is 1.27 bits per heavy atom. The van der Waals surface area contributed by atoms with Gasteiger partial charge in [-0.25, -0.2) is 4.39 Å². The molecule has 30 heavy (non-hydrogen) atoms. The fraction of sp³-hybridized carbons (Fsp3) is 0.250. The van der Waals surface area contributed by atoms with Crippen LogP contribution in [0, 0.1) is 11.6 Å². The molecule has 0 N–H and O–H groups in total. The smallest absolute Gasteiger partial charge is 0.403 e. The highest BCUT2D eigenvalue weighted by atomic mass is 19.4. The Bertz CT molecular complexity index is 976. The molecule has 0 amide bonds. The van der Waals surface area contributed by atoms with E-state index in [-0.39, 0.29) is 5.56 Å². The Morgan fingerprint density at radius 3 is 1.83 bits per heavy atom. The molecule has 0 spiro atoms. The molecule has 158 valence electrons. The molecule has 0 aliphatic carbocycles. The Balaban J connectivity index is 1.78. The summed E-state index contributed by atoms with van der Waals surface area (Å²) in [6.07, 6.45) is -0.538. The van der Waals surface area contributed by atoms with E-state index < -0.39 is 23.7 Å². The molecule has 0 saturated heterocycles. The van der Waals surface area contributed by atoms with Gasteiger partial charge in [0.25, 0.3) is 0 Å². The molecule has 0 saturated carbocycles. The predicted octanol–water partition coefficient (Wildman–Crippen LogP) is 7.93. The summed E-state index contributed by atoms with van der Waals surface area (Å²) in [6, 6.07) is 16.8. The maximum Gasteiger partial charge on any atom is 0.573 e. The van der Waals surface area contributed by atoms with Crippen molar-refractivity contribution in [3.05, 3.63) is 77.9 Å². The summed E-state index contributed by atoms with van der Waals surface area (Å²) < 4.78 is 68.6. The Hall–Kier alpha value is -2.89. The highest BCUT2D eigenvalue weighted by Crippen LogP contribution is 2.33. The Labute approximate surface area is 172 Å². The normalized spacial score (nSPS) is 11.5. The van der Waals surface area contributed by atoms with Gasteiger partial charge in [0.1, 0.15) is 0 Å². The summed E-state index contributed by atoms with van der Waals surface area (Å²) in [5.41, 5.74) is 3.37. The van der Waals surface area contributed by atoms with Crippen molar-refractivity contribution in [2.45, 2.75) is 39.0 Å². The maximum absolute atomic E-state index is 14.3. The van der Waals surface area contributed by atoms with Gasteiger partial charge >= 0.3 is 6.36 Å². The van der Waals surface area contributed by atoms with Crippen LogP contribution in [0.5, 0.6) is 5.75 Å². The zero-order valence-corrected chi connectivity index (χ0v) is 16.4. The third kappa shape index (κ3) is 5.38. The second kappa shape index (κ2) is 9.28. The SMILES string of the molecule is CCCCCc1ccc(-c2ccc(-c3ccc(OC(F)(F)F)c(F)c3F)cc2)cc1. The average molecular weight is 420 g/mol. The molecule has 0 atom stereocenters. The quantitative estimate of drug-likeness (QED) is 0.279. The number of alkyl halides is 3. The number of halogens is 5. The van der Waals surface area contributed by atoms with Gasteiger partial charge in [0.2, 0.25) is 5.82 Å². The molecular weight excluding hydrogens is 399 g/mol. The summed E-state index contributed by atoms with van der Waals surface area (Å²) in [6.45, 7) is 2.16. The molecule has 0 aliphatic heterocycles. The van der Waals surface area contributed by atoms with Gasteiger partial charge in [-0.2, -0.15) is 4.39 Å². The molecule has 1 nitrogen and oxygen atoms in total. The van der Waals surface area contributed by atoms with Crippen molar-refractivity contribution in [2.75, 3.05) is 0 Å². The van der Waals surface area contributed by atoms with Crippen LogP contribution >= 0.6 is 0 Å². The molecule has 0 radical (unpaired) electrons. The highest BCUT2D eigenvalue weighted by Gasteiger charge is 2.33. The number of ether oxygens (including phenoxy) is 1. The molecule has 6 heteroatoms. The van der Waals surface area contributed by atoms with Gasteiger partial charge in [-0.15, -0.1) is 13.2 Å². The lowest BCUT2D eigenvalue weighted by Crippen LogP contribution is -2.18. The number of rotatable bonds is 7. The topological polar surface area (TPSA) is 9.23 Å². The van der Waals surface area contributed by atoms with E-state index in [1.165, 1.54) is 18.4 Å². The van der Waals surface area contributed by atoms with Crippen LogP contribution in [-0.4, -0.2) is 6.36 Å². The summed E-state index contributed by atoms with van der Waals surface area (Å²) in [5.74, 6) is -4.26. The molecule has 0 bridgehead atoms. The minimum atomic E-state index is -5.10. The first-order chi connectivity index (χ1) is 14.3. The maximum atomic E-state index is 14.3. The van der Waals surface area contributed by atoms with Crippen molar-refractivity contribution >= 4 is 0 Å². The van der Waals surface area contributed by atoms with Crippen LogP contribution in [0.4, 0.5) is 22.0 Å². The molecule has 0 aromatic heterocycles. The van der Waals surface area contributed by atoms with Crippen molar-refractivity contribution < 1.29 is 26.7 Å². The lowest BCUT2D eigenvalue weighted by atomic mass is 9.98. The van der Waals surface area contributed by atoms with Crippen LogP contribution in [0.25, 0.3) is 22.3 Å². The van der Waals surface area contributed by atoms with Crippen LogP contribution in [0.1, 0.15) is 31.7 Å². The van der Waals surface area contributed by atoms with E-state index in [1.54, 1.807) is 24.3 Å². The highest BCUT2D eigenvalue weighted by molar-refractivity contribution is 5.71. The Morgan fingerprint density at radius 1 is 0.700 bits per heavy atom. The standard InChI is InChI=1S/C24H21F5O/c1-2-3-4-5-16-6-8-17(9-7-16)18-10-12-19(13-11-18)20-14-15-21(23(26)22(20)25)30-24(27,28)29/h6-15H,2-5H2,1H3. The number of hydrogen-bond acceptors (Lipinski definition) is 1. The predicted molar refractivity (Wildman–Crippen MR) is 107 cm³/mol. The summed E-state index contributed by atoms with van der Waals surface area (Å²) in [4.78, 5) is 0. The van der Waals surface area contributed by atoms with E-state index in [1.807, 2.05) is 12.1 Å². The van der Waals surface area contributed by atoms with E-state index in [4.69, 9.17) is 0 Å². The molecule has 3 aromatic carbocycles. The third-order valence-corrected chi connectivity index (χ3v) is 4.82. The largest absolute Gasteiger partial charge is 0.573 e. The first kappa shape index (κ1) is 21.8. The van der Waals surface area contributed by atoms with Crippen molar-refractivity contribution in [3.8, 4) is 28.0 Å². The molecule has 0 fully saturated rings. The van der Waals surface area contributed by atoms with Crippen LogP contribution in [0.2, 0.25) is 0 Å². The van der Waals surface area contributed by atoms with Crippen LogP contribution in [0.15, 0.2) is 60.7 Å². The number of aryl methyl sites for hydroxylation is 1. The van der Waals surface area contributed by atoms with E-state index in [2.05, 4.69) is 23.8 Å². The van der Waals surface area contributed by atoms with Crippen molar-refractivity contribution in [1.29, 1.82) is 0 Å². The summed E-state index contributed by atoms with van der Waals surface area (Å²) in [7, 11) is 0. The zero-order chi connectivity index (χ0) is 21.7. The lowest BCUT2D eigenvalue weighted by molar-refractivity contribution is -0.275. The van der Waals surface area contributed by atoms with Crippen LogP contribution < -0.4 is 4.74 Å². The van der Waals surface area contributed by atoms with Gasteiger partial charge < -0.3 is 4.74 Å². The summed E-state index contributed by atoms with van der Waals surface area (Å²) in [5, 5.41) is 0. The van der Waals surface area contributed by atoms with E-state index in [0.29, 0.717) is 5.56 Å². The van der Waals surface area contributed by atoms with Gasteiger partial charge in [0.05, 0.1) is 0 Å². The van der Waals surface area contributed by atoms with Gasteiger partial charge in [-0.3, -0.25) is 0 Å². The molecule has 0 aliphatic rings. The fourth-order valence-corrected chi connectivity index (χ4v) is 3.24. The minimum Gasteiger partial charge on any atom is -0.403 e. The fourth-order valence-electron chi connectivity index (χ4n) is 3.24. The minimum absolute atomic E-state index is 0.139. The second-order valence-corrected chi connectivity index (χ2v) is 7.02. The zero-order valence-electron chi connectivity index (χ0n) is 16.4. The van der Waals surface area contributed by atoms with Crippen molar-refractivity contribution in [2.24, 2.45) is 0 Å². The molecule has 0 heterocycles. The number of unbranched alkanes of at least 4 members (excludes halogenated alkanes) is 2.